The number of likely N-dealkylation sites (tertiary alicyclic amines) is 1. The first-order valence-electron chi connectivity index (χ1n) is 8.01. The summed E-state index contributed by atoms with van der Waals surface area (Å²) < 4.78 is 0. The maximum Gasteiger partial charge on any atom is 0.335 e. The largest absolute Gasteiger partial charge is 0.478 e. The summed E-state index contributed by atoms with van der Waals surface area (Å²) in [4.78, 5) is 37.2. The van der Waals surface area contributed by atoms with Gasteiger partial charge in [-0.3, -0.25) is 4.79 Å². The highest BCUT2D eigenvalue weighted by Gasteiger charge is 2.34. The van der Waals surface area contributed by atoms with E-state index in [0.717, 1.165) is 6.42 Å². The van der Waals surface area contributed by atoms with Crippen LogP contribution in [0.25, 0.3) is 0 Å². The lowest BCUT2D eigenvalue weighted by atomic mass is 10.1. The van der Waals surface area contributed by atoms with Crippen LogP contribution in [0.2, 0.25) is 0 Å². The van der Waals surface area contributed by atoms with Gasteiger partial charge in [0.2, 0.25) is 5.91 Å². The summed E-state index contributed by atoms with van der Waals surface area (Å²) in [6.45, 7) is 5.97. The monoisotopic (exact) mass is 333 g/mol. The third kappa shape index (κ3) is 4.04. The molecule has 7 nitrogen and oxygen atoms in total. The van der Waals surface area contributed by atoms with Gasteiger partial charge in [0.15, 0.2) is 0 Å². The number of hydrogen-bond donors (Lipinski definition) is 3. The zero-order chi connectivity index (χ0) is 17.9. The average Bonchev–Trinajstić information content (AvgIpc) is 2.95. The summed E-state index contributed by atoms with van der Waals surface area (Å²) in [6.07, 6.45) is 1.39. The summed E-state index contributed by atoms with van der Waals surface area (Å²) >= 11 is 0. The molecule has 1 aromatic rings. The lowest BCUT2D eigenvalue weighted by molar-refractivity contribution is -0.119. The van der Waals surface area contributed by atoms with Crippen molar-refractivity contribution in [3.8, 4) is 0 Å². The Balaban J connectivity index is 2.07. The molecule has 0 spiro atoms. The van der Waals surface area contributed by atoms with Crippen LogP contribution < -0.4 is 10.6 Å². The van der Waals surface area contributed by atoms with Gasteiger partial charge >= 0.3 is 12.0 Å². The predicted molar refractivity (Wildman–Crippen MR) is 90.2 cm³/mol. The van der Waals surface area contributed by atoms with Crippen molar-refractivity contribution in [3.63, 3.8) is 0 Å². The number of aryl methyl sites for hydroxylation is 1. The third-order valence-corrected chi connectivity index (χ3v) is 3.95. The number of carbonyl (C=O) groups excluding carboxylic acids is 2. The van der Waals surface area contributed by atoms with Crippen molar-refractivity contribution >= 4 is 23.6 Å². The number of anilines is 1. The topological polar surface area (TPSA) is 98.7 Å². The Morgan fingerprint density at radius 1 is 1.29 bits per heavy atom. The number of rotatable bonds is 4. The highest BCUT2D eigenvalue weighted by molar-refractivity contribution is 5.98. The molecule has 24 heavy (non-hydrogen) atoms. The van der Waals surface area contributed by atoms with Crippen LogP contribution in [0.15, 0.2) is 18.2 Å². The number of hydrogen-bond acceptors (Lipinski definition) is 3. The Morgan fingerprint density at radius 3 is 2.58 bits per heavy atom. The Labute approximate surface area is 141 Å². The van der Waals surface area contributed by atoms with Crippen molar-refractivity contribution in [1.29, 1.82) is 0 Å². The molecule has 0 aromatic heterocycles. The molecule has 3 amide bonds. The number of nitrogens with one attached hydrogen (secondary N) is 2. The van der Waals surface area contributed by atoms with Crippen molar-refractivity contribution in [2.24, 2.45) is 0 Å². The molecule has 0 saturated carbocycles. The molecule has 0 radical (unpaired) electrons. The second-order valence-corrected chi connectivity index (χ2v) is 6.28. The van der Waals surface area contributed by atoms with Gasteiger partial charge in [0, 0.05) is 18.3 Å². The van der Waals surface area contributed by atoms with Crippen LogP contribution in [0.1, 0.15) is 42.6 Å². The number of benzene rings is 1. The molecular formula is C17H23N3O4. The van der Waals surface area contributed by atoms with Gasteiger partial charge in [0.25, 0.3) is 0 Å². The molecule has 1 saturated heterocycles. The summed E-state index contributed by atoms with van der Waals surface area (Å²) in [6, 6.07) is 3.90. The number of aromatic carboxylic acids is 1. The van der Waals surface area contributed by atoms with Gasteiger partial charge in [-0.2, -0.15) is 0 Å². The van der Waals surface area contributed by atoms with Crippen molar-refractivity contribution in [2.75, 3.05) is 11.9 Å². The average molecular weight is 333 g/mol. The van der Waals surface area contributed by atoms with E-state index in [1.54, 1.807) is 24.0 Å². The van der Waals surface area contributed by atoms with Crippen LogP contribution in [-0.4, -0.2) is 46.5 Å². The van der Waals surface area contributed by atoms with E-state index >= 15 is 0 Å². The second kappa shape index (κ2) is 7.33. The summed E-state index contributed by atoms with van der Waals surface area (Å²) in [7, 11) is 0. The first-order valence-corrected chi connectivity index (χ1v) is 8.01. The molecule has 1 aromatic carbocycles. The fourth-order valence-electron chi connectivity index (χ4n) is 2.82. The highest BCUT2D eigenvalue weighted by atomic mass is 16.4. The number of carbonyl (C=O) groups is 3. The number of nitrogens with zero attached hydrogens (tertiary/aromatic N) is 1. The van der Waals surface area contributed by atoms with Crippen LogP contribution in [0.4, 0.5) is 10.5 Å². The van der Waals surface area contributed by atoms with E-state index in [1.807, 2.05) is 13.8 Å². The van der Waals surface area contributed by atoms with Crippen LogP contribution in [-0.2, 0) is 4.79 Å². The molecule has 130 valence electrons. The highest BCUT2D eigenvalue weighted by Crippen LogP contribution is 2.21. The zero-order valence-corrected chi connectivity index (χ0v) is 14.1. The molecular weight excluding hydrogens is 310 g/mol. The van der Waals surface area contributed by atoms with Crippen LogP contribution >= 0.6 is 0 Å². The summed E-state index contributed by atoms with van der Waals surface area (Å²) in [5.41, 5.74) is 1.30. The molecule has 7 heteroatoms. The molecule has 1 aliphatic heterocycles. The summed E-state index contributed by atoms with van der Waals surface area (Å²) in [5, 5.41) is 14.6. The Kier molecular flexibility index (Phi) is 5.43. The fourth-order valence-corrected chi connectivity index (χ4v) is 2.82. The van der Waals surface area contributed by atoms with Crippen molar-refractivity contribution < 1.29 is 19.5 Å². The van der Waals surface area contributed by atoms with E-state index in [-0.39, 0.29) is 23.5 Å². The normalized spacial score (nSPS) is 17.0. The number of carboxylic acids is 1. The number of carboxylic acid groups (broad SMARTS) is 1. The van der Waals surface area contributed by atoms with Crippen molar-refractivity contribution in [1.82, 2.24) is 10.2 Å². The fraction of sp³-hybridized carbons (Fsp3) is 0.471. The van der Waals surface area contributed by atoms with Gasteiger partial charge in [-0.05, 0) is 57.4 Å². The van der Waals surface area contributed by atoms with E-state index in [0.29, 0.717) is 24.2 Å². The SMILES string of the molecule is Cc1cc(NC(=O)[C@@H]2CCCN2C(=O)NC(C)C)ccc1C(=O)O. The summed E-state index contributed by atoms with van der Waals surface area (Å²) in [5.74, 6) is -1.26. The van der Waals surface area contributed by atoms with E-state index in [1.165, 1.54) is 6.07 Å². The molecule has 1 fully saturated rings. The number of urea groups is 1. The van der Waals surface area contributed by atoms with Gasteiger partial charge in [0.05, 0.1) is 5.56 Å². The Hall–Kier alpha value is -2.57. The quantitative estimate of drug-likeness (QED) is 0.787. The van der Waals surface area contributed by atoms with Crippen molar-refractivity contribution in [2.45, 2.75) is 45.7 Å². The lowest BCUT2D eigenvalue weighted by Gasteiger charge is -2.25. The minimum Gasteiger partial charge on any atom is -0.478 e. The van der Waals surface area contributed by atoms with Gasteiger partial charge in [-0.25, -0.2) is 9.59 Å². The van der Waals surface area contributed by atoms with Crippen molar-refractivity contribution in [3.05, 3.63) is 29.3 Å². The molecule has 1 heterocycles. The van der Waals surface area contributed by atoms with Crippen LogP contribution in [0.3, 0.4) is 0 Å². The van der Waals surface area contributed by atoms with Crippen LogP contribution in [0, 0.1) is 6.92 Å². The standard InChI is InChI=1S/C17H23N3O4/c1-10(2)18-17(24)20-8-4-5-14(20)15(21)19-12-6-7-13(16(22)23)11(3)9-12/h6-7,9-10,14H,4-5,8H2,1-3H3,(H,18,24)(H,19,21)(H,22,23)/t14-/m0/s1. The van der Waals surface area contributed by atoms with E-state index in [9.17, 15) is 14.4 Å². The van der Waals surface area contributed by atoms with Gasteiger partial charge in [-0.1, -0.05) is 0 Å². The van der Waals surface area contributed by atoms with E-state index in [2.05, 4.69) is 10.6 Å². The van der Waals surface area contributed by atoms with E-state index in [4.69, 9.17) is 5.11 Å². The van der Waals surface area contributed by atoms with Gasteiger partial charge in [0.1, 0.15) is 6.04 Å². The first kappa shape index (κ1) is 17.8. The Morgan fingerprint density at radius 2 is 2.00 bits per heavy atom. The van der Waals surface area contributed by atoms with Gasteiger partial charge < -0.3 is 20.6 Å². The molecule has 3 N–H and O–H groups in total. The molecule has 1 atom stereocenters. The number of amides is 3. The maximum atomic E-state index is 12.5. The minimum absolute atomic E-state index is 0.00743. The second-order valence-electron chi connectivity index (χ2n) is 6.28. The van der Waals surface area contributed by atoms with Gasteiger partial charge in [-0.15, -0.1) is 0 Å². The third-order valence-electron chi connectivity index (χ3n) is 3.95. The predicted octanol–water partition coefficient (Wildman–Crippen LogP) is 2.21. The Bertz CT molecular complexity index is 657. The smallest absolute Gasteiger partial charge is 0.335 e. The van der Waals surface area contributed by atoms with Crippen LogP contribution in [0.5, 0.6) is 0 Å². The molecule has 1 aliphatic rings. The zero-order valence-electron chi connectivity index (χ0n) is 14.1. The molecule has 2 rings (SSSR count). The molecule has 0 unspecified atom stereocenters. The maximum absolute atomic E-state index is 12.5. The molecule has 0 bridgehead atoms. The van der Waals surface area contributed by atoms with E-state index < -0.39 is 12.0 Å². The molecule has 0 aliphatic carbocycles. The first-order chi connectivity index (χ1) is 11.3. The lowest BCUT2D eigenvalue weighted by Crippen LogP contribution is -2.49. The minimum atomic E-state index is -1.00.